The van der Waals surface area contributed by atoms with E-state index in [4.69, 9.17) is 4.74 Å². The summed E-state index contributed by atoms with van der Waals surface area (Å²) in [6.45, 7) is 5.80. The number of hydrogen-bond acceptors (Lipinski definition) is 3. The molecule has 0 aliphatic heterocycles. The van der Waals surface area contributed by atoms with E-state index < -0.39 is 0 Å². The zero-order valence-corrected chi connectivity index (χ0v) is 14.9. The molecule has 2 rings (SSSR count). The molecule has 0 fully saturated rings. The van der Waals surface area contributed by atoms with Crippen molar-refractivity contribution in [2.24, 2.45) is 0 Å². The highest BCUT2D eigenvalue weighted by Gasteiger charge is 2.16. The molecule has 0 bridgehead atoms. The molecule has 0 radical (unpaired) electrons. The van der Waals surface area contributed by atoms with E-state index in [0.29, 0.717) is 5.56 Å². The smallest absolute Gasteiger partial charge is 0.252 e. The summed E-state index contributed by atoms with van der Waals surface area (Å²) in [5.74, 6) is 1.54. The normalized spacial score (nSPS) is 11.6. The molecule has 126 valence electrons. The largest absolute Gasteiger partial charge is 0.497 e. The maximum Gasteiger partial charge on any atom is 0.252 e. The van der Waals surface area contributed by atoms with E-state index in [-0.39, 0.29) is 11.9 Å². The van der Waals surface area contributed by atoms with Crippen molar-refractivity contribution in [3.8, 4) is 5.75 Å². The first-order valence-electron chi connectivity index (χ1n) is 7.97. The Kier molecular flexibility index (Phi) is 6.94. The van der Waals surface area contributed by atoms with Crippen molar-refractivity contribution >= 4 is 17.7 Å². The Balaban J connectivity index is 2.15. The molecular formula is C20H23NO2S. The van der Waals surface area contributed by atoms with Crippen LogP contribution in [0.4, 0.5) is 0 Å². The lowest BCUT2D eigenvalue weighted by Crippen LogP contribution is -2.28. The fraction of sp³-hybridized carbons (Fsp3) is 0.250. The predicted molar refractivity (Wildman–Crippen MR) is 101 cm³/mol. The molecular weight excluding hydrogens is 318 g/mol. The molecule has 0 saturated carbocycles. The van der Waals surface area contributed by atoms with Crippen molar-refractivity contribution in [2.45, 2.75) is 24.3 Å². The van der Waals surface area contributed by atoms with Gasteiger partial charge >= 0.3 is 0 Å². The number of ether oxygens (including phenoxy) is 1. The second kappa shape index (κ2) is 9.18. The summed E-state index contributed by atoms with van der Waals surface area (Å²) in [6.07, 6.45) is 2.66. The first kappa shape index (κ1) is 18.1. The van der Waals surface area contributed by atoms with Crippen molar-refractivity contribution in [3.63, 3.8) is 0 Å². The number of methoxy groups -OCH3 is 1. The lowest BCUT2D eigenvalue weighted by atomic mass is 10.0. The number of rotatable bonds is 8. The van der Waals surface area contributed by atoms with E-state index in [9.17, 15) is 4.79 Å². The van der Waals surface area contributed by atoms with Crippen LogP contribution in [0.15, 0.2) is 66.1 Å². The molecule has 1 atom stereocenters. The third-order valence-electron chi connectivity index (χ3n) is 3.72. The predicted octanol–water partition coefficient (Wildman–Crippen LogP) is 4.85. The SMILES string of the molecule is C=CCSc1ccccc1C(=O)N[C@H](CC)c1ccc(OC)cc1. The summed E-state index contributed by atoms with van der Waals surface area (Å²) in [5.41, 5.74) is 1.78. The van der Waals surface area contributed by atoms with Gasteiger partial charge in [-0.2, -0.15) is 0 Å². The molecule has 0 unspecified atom stereocenters. The van der Waals surface area contributed by atoms with Crippen molar-refractivity contribution < 1.29 is 9.53 Å². The molecule has 24 heavy (non-hydrogen) atoms. The van der Waals surface area contributed by atoms with Gasteiger partial charge in [-0.05, 0) is 36.2 Å². The molecule has 0 spiro atoms. The third kappa shape index (κ3) is 4.65. The number of benzene rings is 2. The van der Waals surface area contributed by atoms with Crippen molar-refractivity contribution in [2.75, 3.05) is 12.9 Å². The molecule has 4 heteroatoms. The minimum absolute atomic E-state index is 0.0270. The number of carbonyl (C=O) groups is 1. The maximum absolute atomic E-state index is 12.7. The van der Waals surface area contributed by atoms with E-state index in [2.05, 4.69) is 18.8 Å². The minimum Gasteiger partial charge on any atom is -0.497 e. The molecule has 3 nitrogen and oxygen atoms in total. The summed E-state index contributed by atoms with van der Waals surface area (Å²) in [5, 5.41) is 3.13. The summed E-state index contributed by atoms with van der Waals surface area (Å²) in [6, 6.07) is 15.5. The molecule has 1 amide bonds. The van der Waals surface area contributed by atoms with Gasteiger partial charge in [0, 0.05) is 10.6 Å². The van der Waals surface area contributed by atoms with Crippen molar-refractivity contribution in [3.05, 3.63) is 72.3 Å². The minimum atomic E-state index is -0.0511. The molecule has 0 aliphatic carbocycles. The highest BCUT2D eigenvalue weighted by molar-refractivity contribution is 7.99. The van der Waals surface area contributed by atoms with Gasteiger partial charge in [0.25, 0.3) is 5.91 Å². The van der Waals surface area contributed by atoms with Gasteiger partial charge in [0.2, 0.25) is 0 Å². The second-order valence-corrected chi connectivity index (χ2v) is 6.37. The van der Waals surface area contributed by atoms with Gasteiger partial charge in [-0.1, -0.05) is 37.3 Å². The molecule has 0 aromatic heterocycles. The van der Waals surface area contributed by atoms with E-state index in [1.807, 2.05) is 54.6 Å². The number of carbonyl (C=O) groups excluding carboxylic acids is 1. The first-order chi connectivity index (χ1) is 11.7. The van der Waals surface area contributed by atoms with Crippen molar-refractivity contribution in [1.82, 2.24) is 5.32 Å². The summed E-state index contributed by atoms with van der Waals surface area (Å²) in [7, 11) is 1.64. The van der Waals surface area contributed by atoms with Crippen LogP contribution in [-0.2, 0) is 0 Å². The van der Waals surface area contributed by atoms with Gasteiger partial charge in [0.1, 0.15) is 5.75 Å². The molecule has 2 aromatic rings. The topological polar surface area (TPSA) is 38.3 Å². The van der Waals surface area contributed by atoms with Crippen LogP contribution >= 0.6 is 11.8 Å². The quantitative estimate of drug-likeness (QED) is 0.551. The van der Waals surface area contributed by atoms with Crippen LogP contribution in [-0.4, -0.2) is 18.8 Å². The van der Waals surface area contributed by atoms with Gasteiger partial charge in [-0.15, -0.1) is 18.3 Å². The number of hydrogen-bond donors (Lipinski definition) is 1. The number of nitrogens with one attached hydrogen (secondary N) is 1. The second-order valence-electron chi connectivity index (χ2n) is 5.30. The van der Waals surface area contributed by atoms with Gasteiger partial charge in [0.05, 0.1) is 18.7 Å². The molecule has 2 aromatic carbocycles. The Morgan fingerprint density at radius 1 is 1.25 bits per heavy atom. The average Bonchev–Trinajstić information content (AvgIpc) is 2.64. The zero-order chi connectivity index (χ0) is 17.4. The third-order valence-corrected chi connectivity index (χ3v) is 4.79. The van der Waals surface area contributed by atoms with Crippen LogP contribution < -0.4 is 10.1 Å². The number of amides is 1. The summed E-state index contributed by atoms with van der Waals surface area (Å²) < 4.78 is 5.19. The van der Waals surface area contributed by atoms with Crippen LogP contribution in [0, 0.1) is 0 Å². The lowest BCUT2D eigenvalue weighted by molar-refractivity contribution is 0.0932. The van der Waals surface area contributed by atoms with Crippen LogP contribution in [0.5, 0.6) is 5.75 Å². The van der Waals surface area contributed by atoms with Gasteiger partial charge in [-0.25, -0.2) is 0 Å². The first-order valence-corrected chi connectivity index (χ1v) is 8.95. The highest BCUT2D eigenvalue weighted by Crippen LogP contribution is 2.25. The van der Waals surface area contributed by atoms with E-state index in [1.54, 1.807) is 18.9 Å². The Bertz CT molecular complexity index is 682. The fourth-order valence-electron chi connectivity index (χ4n) is 2.42. The highest BCUT2D eigenvalue weighted by atomic mass is 32.2. The lowest BCUT2D eigenvalue weighted by Gasteiger charge is -2.19. The van der Waals surface area contributed by atoms with E-state index in [0.717, 1.165) is 28.4 Å². The van der Waals surface area contributed by atoms with E-state index >= 15 is 0 Å². The summed E-state index contributed by atoms with van der Waals surface area (Å²) in [4.78, 5) is 13.7. The molecule has 0 heterocycles. The van der Waals surface area contributed by atoms with Crippen molar-refractivity contribution in [1.29, 1.82) is 0 Å². The van der Waals surface area contributed by atoms with Crippen LogP contribution in [0.2, 0.25) is 0 Å². The van der Waals surface area contributed by atoms with Crippen LogP contribution in [0.3, 0.4) is 0 Å². The van der Waals surface area contributed by atoms with Gasteiger partial charge in [0.15, 0.2) is 0 Å². The van der Waals surface area contributed by atoms with Gasteiger partial charge in [-0.3, -0.25) is 4.79 Å². The zero-order valence-electron chi connectivity index (χ0n) is 14.1. The van der Waals surface area contributed by atoms with Crippen LogP contribution in [0.25, 0.3) is 0 Å². The molecule has 0 aliphatic rings. The van der Waals surface area contributed by atoms with Gasteiger partial charge < -0.3 is 10.1 Å². The molecule has 0 saturated heterocycles. The summed E-state index contributed by atoms with van der Waals surface area (Å²) >= 11 is 1.62. The monoisotopic (exact) mass is 341 g/mol. The average molecular weight is 341 g/mol. The maximum atomic E-state index is 12.7. The standard InChI is InChI=1S/C20H23NO2S/c1-4-14-24-19-9-7-6-8-17(19)20(22)21-18(5-2)15-10-12-16(23-3)13-11-15/h4,6-13,18H,1,5,14H2,2-3H3,(H,21,22)/t18-/m1/s1. The molecule has 1 N–H and O–H groups in total. The Labute approximate surface area is 148 Å². The van der Waals surface area contributed by atoms with Crippen LogP contribution in [0.1, 0.15) is 35.3 Å². The number of thioether (sulfide) groups is 1. The van der Waals surface area contributed by atoms with E-state index in [1.165, 1.54) is 0 Å². The Hall–Kier alpha value is -2.20. The Morgan fingerprint density at radius 2 is 1.96 bits per heavy atom. The fourth-order valence-corrected chi connectivity index (χ4v) is 3.21. The Morgan fingerprint density at radius 3 is 2.58 bits per heavy atom.